The predicted molar refractivity (Wildman–Crippen MR) is 83.6 cm³/mol. The van der Waals surface area contributed by atoms with Gasteiger partial charge in [-0.1, -0.05) is 12.1 Å². The minimum atomic E-state index is -0.648. The van der Waals surface area contributed by atoms with Crippen molar-refractivity contribution in [2.75, 3.05) is 26.1 Å². The van der Waals surface area contributed by atoms with Crippen molar-refractivity contribution in [3.63, 3.8) is 0 Å². The summed E-state index contributed by atoms with van der Waals surface area (Å²) in [6.45, 7) is -0.470. The van der Waals surface area contributed by atoms with Crippen LogP contribution >= 0.6 is 0 Å². The summed E-state index contributed by atoms with van der Waals surface area (Å²) in [7, 11) is 3.01. The monoisotopic (exact) mass is 317 g/mol. The maximum absolute atomic E-state index is 13.6. The molecule has 0 unspecified atom stereocenters. The Balaban J connectivity index is 2.04. The van der Waals surface area contributed by atoms with Crippen molar-refractivity contribution in [3.05, 3.63) is 59.4 Å². The quantitative estimate of drug-likeness (QED) is 0.655. The van der Waals surface area contributed by atoms with Crippen LogP contribution in [0, 0.1) is 5.82 Å². The van der Waals surface area contributed by atoms with E-state index in [1.54, 1.807) is 31.3 Å². The molecule has 0 spiro atoms. The highest BCUT2D eigenvalue weighted by Gasteiger charge is 2.15. The van der Waals surface area contributed by atoms with Crippen molar-refractivity contribution in [2.45, 2.75) is 0 Å². The van der Waals surface area contributed by atoms with Gasteiger partial charge in [0.1, 0.15) is 0 Å². The molecule has 0 saturated carbocycles. The Morgan fingerprint density at radius 2 is 1.91 bits per heavy atom. The van der Waals surface area contributed by atoms with Crippen LogP contribution in [0.4, 0.5) is 10.1 Å². The molecule has 1 N–H and O–H groups in total. The first kappa shape index (κ1) is 16.5. The smallest absolute Gasteiger partial charge is 0.340 e. The zero-order valence-corrected chi connectivity index (χ0v) is 12.8. The molecular formula is C17H16FNO4. The van der Waals surface area contributed by atoms with Crippen LogP contribution in [0.1, 0.15) is 20.7 Å². The Morgan fingerprint density at radius 3 is 2.57 bits per heavy atom. The molecule has 0 fully saturated rings. The zero-order valence-electron chi connectivity index (χ0n) is 12.8. The van der Waals surface area contributed by atoms with Crippen LogP contribution in [0.5, 0.6) is 5.75 Å². The van der Waals surface area contributed by atoms with Crippen molar-refractivity contribution in [1.29, 1.82) is 0 Å². The molecule has 0 aliphatic carbocycles. The van der Waals surface area contributed by atoms with Gasteiger partial charge in [0.05, 0.1) is 12.7 Å². The Hall–Kier alpha value is -2.89. The van der Waals surface area contributed by atoms with Gasteiger partial charge < -0.3 is 14.8 Å². The molecule has 0 aromatic heterocycles. The third-order valence-corrected chi connectivity index (χ3v) is 3.22. The van der Waals surface area contributed by atoms with Crippen LogP contribution in [-0.2, 0) is 4.74 Å². The lowest BCUT2D eigenvalue weighted by molar-refractivity contribution is 0.0475. The number of carbonyl (C=O) groups is 2. The highest BCUT2D eigenvalue weighted by molar-refractivity contribution is 6.00. The number of carbonyl (C=O) groups excluding carboxylic acids is 2. The second-order valence-corrected chi connectivity index (χ2v) is 4.64. The first-order chi connectivity index (χ1) is 11.1. The van der Waals surface area contributed by atoms with Gasteiger partial charge in [0, 0.05) is 18.3 Å². The number of nitrogens with one attached hydrogen (secondary N) is 1. The Kier molecular flexibility index (Phi) is 5.30. The third kappa shape index (κ3) is 3.85. The number of ketones is 1. The van der Waals surface area contributed by atoms with E-state index in [1.165, 1.54) is 19.2 Å². The molecule has 0 atom stereocenters. The fourth-order valence-corrected chi connectivity index (χ4v) is 2.01. The summed E-state index contributed by atoms with van der Waals surface area (Å²) in [5.74, 6) is -1.73. The number of halogens is 1. The minimum absolute atomic E-state index is 0.0430. The molecule has 23 heavy (non-hydrogen) atoms. The van der Waals surface area contributed by atoms with Gasteiger partial charge in [-0.15, -0.1) is 0 Å². The number of hydrogen-bond donors (Lipinski definition) is 1. The van der Waals surface area contributed by atoms with Gasteiger partial charge in [0.15, 0.2) is 24.0 Å². The predicted octanol–water partition coefficient (Wildman–Crippen LogP) is 2.92. The van der Waals surface area contributed by atoms with E-state index < -0.39 is 24.2 Å². The van der Waals surface area contributed by atoms with E-state index in [1.807, 2.05) is 0 Å². The number of para-hydroxylation sites is 1. The molecule has 0 bridgehead atoms. The van der Waals surface area contributed by atoms with Gasteiger partial charge in [-0.25, -0.2) is 9.18 Å². The molecule has 120 valence electrons. The Bertz CT molecular complexity index is 730. The first-order valence-electron chi connectivity index (χ1n) is 6.87. The zero-order chi connectivity index (χ0) is 16.8. The van der Waals surface area contributed by atoms with Crippen LogP contribution < -0.4 is 10.1 Å². The van der Waals surface area contributed by atoms with E-state index in [2.05, 4.69) is 5.32 Å². The lowest BCUT2D eigenvalue weighted by atomic mass is 10.1. The summed E-state index contributed by atoms with van der Waals surface area (Å²) in [6, 6.07) is 10.6. The third-order valence-electron chi connectivity index (χ3n) is 3.22. The maximum Gasteiger partial charge on any atom is 0.340 e. The van der Waals surface area contributed by atoms with Crippen molar-refractivity contribution in [1.82, 2.24) is 0 Å². The fourth-order valence-electron chi connectivity index (χ4n) is 2.01. The lowest BCUT2D eigenvalue weighted by Gasteiger charge is -2.09. The molecule has 2 rings (SSSR count). The van der Waals surface area contributed by atoms with E-state index in [0.717, 1.165) is 6.07 Å². The number of hydrogen-bond acceptors (Lipinski definition) is 5. The molecule has 5 nitrogen and oxygen atoms in total. The summed E-state index contributed by atoms with van der Waals surface area (Å²) < 4.78 is 23.4. The molecule has 0 saturated heterocycles. The molecule has 2 aromatic carbocycles. The average Bonchev–Trinajstić information content (AvgIpc) is 2.59. The van der Waals surface area contributed by atoms with Gasteiger partial charge in [-0.2, -0.15) is 0 Å². The highest BCUT2D eigenvalue weighted by atomic mass is 19.1. The second-order valence-electron chi connectivity index (χ2n) is 4.64. The molecular weight excluding hydrogens is 301 g/mol. The summed E-state index contributed by atoms with van der Waals surface area (Å²) in [5, 5.41) is 2.87. The summed E-state index contributed by atoms with van der Waals surface area (Å²) in [5.41, 5.74) is 1.03. The maximum atomic E-state index is 13.6. The number of benzene rings is 2. The minimum Gasteiger partial charge on any atom is -0.494 e. The van der Waals surface area contributed by atoms with Crippen molar-refractivity contribution < 1.29 is 23.5 Å². The van der Waals surface area contributed by atoms with Gasteiger partial charge >= 0.3 is 5.97 Å². The molecule has 0 amide bonds. The fraction of sp³-hybridized carbons (Fsp3) is 0.176. The highest BCUT2D eigenvalue weighted by Crippen LogP contribution is 2.19. The average molecular weight is 317 g/mol. The van der Waals surface area contributed by atoms with Crippen LogP contribution in [-0.4, -0.2) is 32.5 Å². The normalized spacial score (nSPS) is 10.0. The topological polar surface area (TPSA) is 64.6 Å². The largest absolute Gasteiger partial charge is 0.494 e. The molecule has 2 aromatic rings. The number of ether oxygens (including phenoxy) is 2. The number of esters is 1. The molecule has 0 aliphatic rings. The van der Waals surface area contributed by atoms with Crippen LogP contribution in [0.3, 0.4) is 0 Å². The van der Waals surface area contributed by atoms with E-state index in [-0.39, 0.29) is 11.3 Å². The standard InChI is InChI=1S/C17H16FNO4/c1-19-14-6-4-3-5-12(14)17(21)23-10-15(20)11-7-8-16(22-2)13(18)9-11/h3-9,19H,10H2,1-2H3. The van der Waals surface area contributed by atoms with E-state index in [9.17, 15) is 14.0 Å². The van der Waals surface area contributed by atoms with Gasteiger partial charge in [-0.05, 0) is 30.3 Å². The number of methoxy groups -OCH3 is 1. The van der Waals surface area contributed by atoms with E-state index in [4.69, 9.17) is 9.47 Å². The summed E-state index contributed by atoms with van der Waals surface area (Å²) in [6.07, 6.45) is 0. The van der Waals surface area contributed by atoms with Crippen molar-refractivity contribution in [3.8, 4) is 5.75 Å². The lowest BCUT2D eigenvalue weighted by Crippen LogP contribution is -2.15. The number of Topliss-reactive ketones (excluding diaryl/α,β-unsaturated/α-hetero) is 1. The van der Waals surface area contributed by atoms with E-state index in [0.29, 0.717) is 11.3 Å². The van der Waals surface area contributed by atoms with Crippen LogP contribution in [0.15, 0.2) is 42.5 Å². The van der Waals surface area contributed by atoms with Crippen molar-refractivity contribution >= 4 is 17.4 Å². The van der Waals surface area contributed by atoms with Gasteiger partial charge in [0.2, 0.25) is 0 Å². The Morgan fingerprint density at radius 1 is 1.17 bits per heavy atom. The van der Waals surface area contributed by atoms with Crippen LogP contribution in [0.2, 0.25) is 0 Å². The van der Waals surface area contributed by atoms with Gasteiger partial charge in [0.25, 0.3) is 0 Å². The Labute approximate surface area is 133 Å². The first-order valence-corrected chi connectivity index (χ1v) is 6.87. The number of anilines is 1. The van der Waals surface area contributed by atoms with Crippen molar-refractivity contribution in [2.24, 2.45) is 0 Å². The molecule has 0 heterocycles. The van der Waals surface area contributed by atoms with Crippen LogP contribution in [0.25, 0.3) is 0 Å². The summed E-state index contributed by atoms with van der Waals surface area (Å²) in [4.78, 5) is 24.0. The molecule has 0 aliphatic heterocycles. The second kappa shape index (κ2) is 7.40. The SMILES string of the molecule is CNc1ccccc1C(=O)OCC(=O)c1ccc(OC)c(F)c1. The molecule has 6 heteroatoms. The summed E-state index contributed by atoms with van der Waals surface area (Å²) >= 11 is 0. The number of rotatable bonds is 6. The van der Waals surface area contributed by atoms with E-state index >= 15 is 0 Å². The molecule has 0 radical (unpaired) electrons. The van der Waals surface area contributed by atoms with Gasteiger partial charge in [-0.3, -0.25) is 4.79 Å².